The standard InChI is InChI=1S/C22H23NO2/c1-16(18-9-4-3-5-10-18)15-23-22(24)17(2)25-21-14-8-12-19-11-6-7-13-20(19)21/h3-14,16-17H,15H2,1-2H3,(H,23,24)/t16-,17-/m1/s1. The van der Waals surface area contributed by atoms with Crippen molar-refractivity contribution >= 4 is 16.7 Å². The first-order valence-corrected chi connectivity index (χ1v) is 8.62. The molecule has 0 unspecified atom stereocenters. The molecular formula is C22H23NO2. The van der Waals surface area contributed by atoms with Gasteiger partial charge in [-0.15, -0.1) is 0 Å². The molecule has 0 heterocycles. The van der Waals surface area contributed by atoms with Gasteiger partial charge in [-0.1, -0.05) is 73.7 Å². The minimum atomic E-state index is -0.547. The minimum Gasteiger partial charge on any atom is -0.480 e. The highest BCUT2D eigenvalue weighted by atomic mass is 16.5. The summed E-state index contributed by atoms with van der Waals surface area (Å²) in [4.78, 5) is 12.4. The molecule has 128 valence electrons. The summed E-state index contributed by atoms with van der Waals surface area (Å²) in [5.74, 6) is 0.891. The first-order valence-electron chi connectivity index (χ1n) is 8.62. The SMILES string of the molecule is C[C@H](CNC(=O)[C@@H](C)Oc1cccc2ccccc12)c1ccccc1. The molecule has 2 atom stereocenters. The molecule has 0 aliphatic heterocycles. The topological polar surface area (TPSA) is 38.3 Å². The van der Waals surface area contributed by atoms with Crippen LogP contribution in [0.15, 0.2) is 72.8 Å². The van der Waals surface area contributed by atoms with Crippen LogP contribution in [0.1, 0.15) is 25.3 Å². The fourth-order valence-electron chi connectivity index (χ4n) is 2.84. The number of amides is 1. The van der Waals surface area contributed by atoms with Crippen molar-refractivity contribution in [3.63, 3.8) is 0 Å². The Kier molecular flexibility index (Phi) is 5.34. The summed E-state index contributed by atoms with van der Waals surface area (Å²) >= 11 is 0. The molecular weight excluding hydrogens is 310 g/mol. The molecule has 3 rings (SSSR count). The molecule has 0 bridgehead atoms. The third-order valence-electron chi connectivity index (χ3n) is 4.37. The molecule has 3 aromatic carbocycles. The molecule has 0 radical (unpaired) electrons. The van der Waals surface area contributed by atoms with Gasteiger partial charge >= 0.3 is 0 Å². The molecule has 1 amide bonds. The average molecular weight is 333 g/mol. The Bertz CT molecular complexity index is 840. The Hall–Kier alpha value is -2.81. The van der Waals surface area contributed by atoms with E-state index in [1.165, 1.54) is 5.56 Å². The fraction of sp³-hybridized carbons (Fsp3) is 0.227. The molecule has 0 aliphatic rings. The number of carbonyl (C=O) groups excluding carboxylic acids is 1. The molecule has 0 spiro atoms. The van der Waals surface area contributed by atoms with E-state index in [9.17, 15) is 4.79 Å². The Balaban J connectivity index is 1.61. The van der Waals surface area contributed by atoms with Crippen molar-refractivity contribution in [2.75, 3.05) is 6.54 Å². The van der Waals surface area contributed by atoms with Crippen molar-refractivity contribution in [3.05, 3.63) is 78.4 Å². The maximum Gasteiger partial charge on any atom is 0.260 e. The molecule has 3 aromatic rings. The van der Waals surface area contributed by atoms with Gasteiger partial charge in [0.2, 0.25) is 0 Å². The fourth-order valence-corrected chi connectivity index (χ4v) is 2.84. The Morgan fingerprint density at radius 1 is 0.920 bits per heavy atom. The van der Waals surface area contributed by atoms with Crippen LogP contribution in [0.4, 0.5) is 0 Å². The monoisotopic (exact) mass is 333 g/mol. The smallest absolute Gasteiger partial charge is 0.260 e. The van der Waals surface area contributed by atoms with Crippen LogP contribution in [0.2, 0.25) is 0 Å². The van der Waals surface area contributed by atoms with Gasteiger partial charge in [-0.2, -0.15) is 0 Å². The molecule has 3 nitrogen and oxygen atoms in total. The highest BCUT2D eigenvalue weighted by Gasteiger charge is 2.16. The maximum absolute atomic E-state index is 12.4. The molecule has 0 saturated carbocycles. The number of nitrogens with one attached hydrogen (secondary N) is 1. The van der Waals surface area contributed by atoms with E-state index in [-0.39, 0.29) is 11.8 Å². The van der Waals surface area contributed by atoms with Gasteiger partial charge in [0.05, 0.1) is 0 Å². The highest BCUT2D eigenvalue weighted by Crippen LogP contribution is 2.26. The van der Waals surface area contributed by atoms with Gasteiger partial charge in [-0.3, -0.25) is 4.79 Å². The van der Waals surface area contributed by atoms with Crippen molar-refractivity contribution in [1.82, 2.24) is 5.32 Å². The predicted octanol–water partition coefficient (Wildman–Crippen LogP) is 4.53. The summed E-state index contributed by atoms with van der Waals surface area (Å²) in [7, 11) is 0. The Labute approximate surface area is 148 Å². The van der Waals surface area contributed by atoms with Gasteiger partial charge in [0.1, 0.15) is 5.75 Å². The summed E-state index contributed by atoms with van der Waals surface area (Å²) < 4.78 is 5.92. The zero-order valence-corrected chi connectivity index (χ0v) is 14.6. The number of hydrogen-bond donors (Lipinski definition) is 1. The second-order valence-corrected chi connectivity index (χ2v) is 6.29. The van der Waals surface area contributed by atoms with E-state index in [1.54, 1.807) is 6.92 Å². The second-order valence-electron chi connectivity index (χ2n) is 6.29. The van der Waals surface area contributed by atoms with E-state index in [2.05, 4.69) is 24.4 Å². The van der Waals surface area contributed by atoms with Gasteiger partial charge in [-0.25, -0.2) is 0 Å². The zero-order chi connectivity index (χ0) is 17.6. The van der Waals surface area contributed by atoms with Crippen LogP contribution < -0.4 is 10.1 Å². The largest absolute Gasteiger partial charge is 0.480 e. The first kappa shape index (κ1) is 17.0. The van der Waals surface area contributed by atoms with E-state index in [1.807, 2.05) is 60.7 Å². The van der Waals surface area contributed by atoms with Crippen LogP contribution in [0.5, 0.6) is 5.75 Å². The Morgan fingerprint density at radius 2 is 1.60 bits per heavy atom. The molecule has 0 aromatic heterocycles. The third-order valence-corrected chi connectivity index (χ3v) is 4.37. The number of rotatable bonds is 6. The predicted molar refractivity (Wildman–Crippen MR) is 102 cm³/mol. The van der Waals surface area contributed by atoms with Crippen molar-refractivity contribution in [2.45, 2.75) is 25.9 Å². The van der Waals surface area contributed by atoms with E-state index >= 15 is 0 Å². The van der Waals surface area contributed by atoms with E-state index in [0.29, 0.717) is 6.54 Å². The lowest BCUT2D eigenvalue weighted by atomic mass is 10.0. The lowest BCUT2D eigenvalue weighted by Crippen LogP contribution is -2.38. The molecule has 3 heteroatoms. The summed E-state index contributed by atoms with van der Waals surface area (Å²) in [5, 5.41) is 5.10. The van der Waals surface area contributed by atoms with E-state index in [0.717, 1.165) is 16.5 Å². The molecule has 25 heavy (non-hydrogen) atoms. The lowest BCUT2D eigenvalue weighted by molar-refractivity contribution is -0.127. The van der Waals surface area contributed by atoms with Crippen molar-refractivity contribution in [1.29, 1.82) is 0 Å². The molecule has 0 saturated heterocycles. The zero-order valence-electron chi connectivity index (χ0n) is 14.6. The van der Waals surface area contributed by atoms with Gasteiger partial charge in [0, 0.05) is 11.9 Å². The first-order chi connectivity index (χ1) is 12.1. The Morgan fingerprint density at radius 3 is 2.40 bits per heavy atom. The van der Waals surface area contributed by atoms with Crippen LogP contribution in [0.3, 0.4) is 0 Å². The van der Waals surface area contributed by atoms with Gasteiger partial charge in [-0.05, 0) is 29.9 Å². The van der Waals surface area contributed by atoms with Crippen LogP contribution in [-0.4, -0.2) is 18.6 Å². The summed E-state index contributed by atoms with van der Waals surface area (Å²) in [6, 6.07) is 24.1. The average Bonchev–Trinajstić information content (AvgIpc) is 2.66. The van der Waals surface area contributed by atoms with Crippen LogP contribution in [0.25, 0.3) is 10.8 Å². The van der Waals surface area contributed by atoms with Crippen LogP contribution in [-0.2, 0) is 4.79 Å². The second kappa shape index (κ2) is 7.84. The van der Waals surface area contributed by atoms with Crippen LogP contribution >= 0.6 is 0 Å². The van der Waals surface area contributed by atoms with E-state index in [4.69, 9.17) is 4.74 Å². The molecule has 0 fully saturated rings. The minimum absolute atomic E-state index is 0.101. The number of carbonyl (C=O) groups is 1. The number of ether oxygens (including phenoxy) is 1. The van der Waals surface area contributed by atoms with Gasteiger partial charge in [0.15, 0.2) is 6.10 Å². The molecule has 0 aliphatic carbocycles. The number of benzene rings is 3. The summed E-state index contributed by atoms with van der Waals surface area (Å²) in [5.41, 5.74) is 1.21. The van der Waals surface area contributed by atoms with Crippen LogP contribution in [0, 0.1) is 0 Å². The van der Waals surface area contributed by atoms with Gasteiger partial charge in [0.25, 0.3) is 5.91 Å². The highest BCUT2D eigenvalue weighted by molar-refractivity contribution is 5.89. The summed E-state index contributed by atoms with van der Waals surface area (Å²) in [6.45, 7) is 4.47. The van der Waals surface area contributed by atoms with Crippen molar-refractivity contribution < 1.29 is 9.53 Å². The summed E-state index contributed by atoms with van der Waals surface area (Å²) in [6.07, 6.45) is -0.547. The normalized spacial score (nSPS) is 13.2. The third kappa shape index (κ3) is 4.18. The maximum atomic E-state index is 12.4. The number of fused-ring (bicyclic) bond motifs is 1. The lowest BCUT2D eigenvalue weighted by Gasteiger charge is -2.18. The van der Waals surface area contributed by atoms with Gasteiger partial charge < -0.3 is 10.1 Å². The quantitative estimate of drug-likeness (QED) is 0.720. The van der Waals surface area contributed by atoms with E-state index < -0.39 is 6.10 Å². The van der Waals surface area contributed by atoms with Crippen molar-refractivity contribution in [2.24, 2.45) is 0 Å². The number of hydrogen-bond acceptors (Lipinski definition) is 2. The molecule has 1 N–H and O–H groups in total. The van der Waals surface area contributed by atoms with Crippen molar-refractivity contribution in [3.8, 4) is 5.75 Å².